The van der Waals surface area contributed by atoms with Crippen molar-refractivity contribution in [1.29, 1.82) is 0 Å². The summed E-state index contributed by atoms with van der Waals surface area (Å²) in [5.41, 5.74) is 3.65. The normalized spacial score (nSPS) is 13.9. The topological polar surface area (TPSA) is 58.6 Å². The number of carbonyl (C=O) groups excluding carboxylic acids is 2. The van der Waals surface area contributed by atoms with Crippen molar-refractivity contribution in [1.82, 2.24) is 10.2 Å². The molecule has 1 fully saturated rings. The number of hydrogen-bond acceptors (Lipinski definition) is 3. The smallest absolute Gasteiger partial charge is 0.253 e. The zero-order valence-corrected chi connectivity index (χ0v) is 16.7. The highest BCUT2D eigenvalue weighted by Gasteiger charge is 2.18. The van der Waals surface area contributed by atoms with Crippen molar-refractivity contribution >= 4 is 11.8 Å². The Morgan fingerprint density at radius 3 is 2.43 bits per heavy atom. The van der Waals surface area contributed by atoms with Gasteiger partial charge >= 0.3 is 0 Å². The second kappa shape index (κ2) is 9.40. The molecule has 2 aromatic rings. The number of methoxy groups -OCH3 is 1. The van der Waals surface area contributed by atoms with E-state index in [9.17, 15) is 9.59 Å². The zero-order valence-electron chi connectivity index (χ0n) is 16.7. The Kier molecular flexibility index (Phi) is 6.69. The second-order valence-corrected chi connectivity index (χ2v) is 7.32. The van der Waals surface area contributed by atoms with E-state index in [0.29, 0.717) is 12.1 Å². The summed E-state index contributed by atoms with van der Waals surface area (Å²) in [5, 5.41) is 2.94. The van der Waals surface area contributed by atoms with Crippen molar-refractivity contribution in [3.05, 3.63) is 64.7 Å². The van der Waals surface area contributed by atoms with Gasteiger partial charge in [0.15, 0.2) is 0 Å². The van der Waals surface area contributed by atoms with E-state index < -0.39 is 0 Å². The summed E-state index contributed by atoms with van der Waals surface area (Å²) < 4.78 is 5.33. The van der Waals surface area contributed by atoms with Gasteiger partial charge in [0.1, 0.15) is 5.75 Å². The van der Waals surface area contributed by atoms with Crippen LogP contribution in [0.1, 0.15) is 46.3 Å². The fraction of sp³-hybridized carbons (Fsp3) is 0.391. The molecule has 28 heavy (non-hydrogen) atoms. The molecule has 0 saturated carbocycles. The van der Waals surface area contributed by atoms with Gasteiger partial charge in [-0.05, 0) is 49.9 Å². The monoisotopic (exact) mass is 380 g/mol. The molecule has 0 spiro atoms. The number of carbonyl (C=O) groups is 2. The van der Waals surface area contributed by atoms with Crippen LogP contribution in [-0.2, 0) is 17.8 Å². The van der Waals surface area contributed by atoms with E-state index in [1.165, 1.54) is 6.42 Å². The van der Waals surface area contributed by atoms with Gasteiger partial charge in [-0.25, -0.2) is 0 Å². The Morgan fingerprint density at radius 2 is 1.75 bits per heavy atom. The molecule has 1 aliphatic rings. The van der Waals surface area contributed by atoms with Crippen LogP contribution in [0.25, 0.3) is 0 Å². The van der Waals surface area contributed by atoms with Crippen molar-refractivity contribution in [2.45, 2.75) is 39.2 Å². The lowest BCUT2D eigenvalue weighted by atomic mass is 10.1. The number of nitrogens with one attached hydrogen (secondary N) is 1. The van der Waals surface area contributed by atoms with Crippen molar-refractivity contribution < 1.29 is 14.3 Å². The van der Waals surface area contributed by atoms with Gasteiger partial charge in [-0.15, -0.1) is 0 Å². The number of piperidine rings is 1. The van der Waals surface area contributed by atoms with E-state index in [2.05, 4.69) is 5.32 Å². The van der Waals surface area contributed by atoms with E-state index >= 15 is 0 Å². The molecule has 1 N–H and O–H groups in total. The van der Waals surface area contributed by atoms with Crippen LogP contribution in [0.5, 0.6) is 5.75 Å². The molecule has 2 amide bonds. The SMILES string of the molecule is COc1ccc(C)cc1CC(=O)NCc1ccc(C(=O)N2CCCCC2)cc1. The molecule has 2 aromatic carbocycles. The standard InChI is InChI=1S/C23H28N2O3/c1-17-6-11-21(28-2)20(14-17)15-22(26)24-16-18-7-9-19(10-8-18)23(27)25-12-4-3-5-13-25/h6-11,14H,3-5,12-13,15-16H2,1-2H3,(H,24,26). The number of amides is 2. The Morgan fingerprint density at radius 1 is 1.04 bits per heavy atom. The summed E-state index contributed by atoms with van der Waals surface area (Å²) in [4.78, 5) is 26.8. The number of nitrogens with zero attached hydrogens (tertiary/aromatic N) is 1. The number of rotatable bonds is 6. The molecule has 3 rings (SSSR count). The van der Waals surface area contributed by atoms with Gasteiger partial charge in [0.2, 0.25) is 5.91 Å². The third kappa shape index (κ3) is 5.12. The van der Waals surface area contributed by atoms with E-state index in [-0.39, 0.29) is 18.2 Å². The van der Waals surface area contributed by atoms with Gasteiger partial charge in [-0.2, -0.15) is 0 Å². The Hall–Kier alpha value is -2.82. The number of benzene rings is 2. The first-order chi connectivity index (χ1) is 13.6. The Bertz CT molecular complexity index is 824. The molecular formula is C23H28N2O3. The van der Waals surface area contributed by atoms with Gasteiger partial charge in [0.05, 0.1) is 13.5 Å². The van der Waals surface area contributed by atoms with Crippen LogP contribution in [-0.4, -0.2) is 36.9 Å². The lowest BCUT2D eigenvalue weighted by Gasteiger charge is -2.26. The van der Waals surface area contributed by atoms with Crippen molar-refractivity contribution in [2.24, 2.45) is 0 Å². The summed E-state index contributed by atoms with van der Waals surface area (Å²) in [6.07, 6.45) is 3.65. The number of hydrogen-bond donors (Lipinski definition) is 1. The van der Waals surface area contributed by atoms with Crippen LogP contribution in [0.15, 0.2) is 42.5 Å². The fourth-order valence-corrected chi connectivity index (χ4v) is 3.53. The number of ether oxygens (including phenoxy) is 1. The van der Waals surface area contributed by atoms with Crippen molar-refractivity contribution in [3.63, 3.8) is 0 Å². The van der Waals surface area contributed by atoms with Gasteiger partial charge in [-0.1, -0.05) is 29.8 Å². The largest absolute Gasteiger partial charge is 0.496 e. The summed E-state index contributed by atoms with van der Waals surface area (Å²) in [5.74, 6) is 0.764. The Balaban J connectivity index is 1.54. The first-order valence-corrected chi connectivity index (χ1v) is 9.85. The van der Waals surface area contributed by atoms with E-state index in [1.54, 1.807) is 7.11 Å². The van der Waals surface area contributed by atoms with Gasteiger partial charge in [0, 0.05) is 30.8 Å². The molecule has 5 heteroatoms. The maximum Gasteiger partial charge on any atom is 0.253 e. The number of likely N-dealkylation sites (tertiary alicyclic amines) is 1. The predicted molar refractivity (Wildman–Crippen MR) is 109 cm³/mol. The minimum absolute atomic E-state index is 0.0580. The molecule has 0 radical (unpaired) electrons. The molecule has 0 aromatic heterocycles. The quantitative estimate of drug-likeness (QED) is 0.835. The minimum atomic E-state index is -0.0580. The van der Waals surface area contributed by atoms with Gasteiger partial charge in [-0.3, -0.25) is 9.59 Å². The predicted octanol–water partition coefficient (Wildman–Crippen LogP) is 3.49. The van der Waals surface area contributed by atoms with E-state index in [1.807, 2.05) is 54.3 Å². The summed E-state index contributed by atoms with van der Waals surface area (Å²) in [7, 11) is 1.61. The molecule has 5 nitrogen and oxygen atoms in total. The molecule has 0 unspecified atom stereocenters. The fourth-order valence-electron chi connectivity index (χ4n) is 3.53. The van der Waals surface area contributed by atoms with E-state index in [0.717, 1.165) is 48.4 Å². The lowest BCUT2D eigenvalue weighted by Crippen LogP contribution is -2.35. The van der Waals surface area contributed by atoms with Crippen LogP contribution in [0, 0.1) is 6.92 Å². The average Bonchev–Trinajstić information content (AvgIpc) is 2.73. The van der Waals surface area contributed by atoms with Crippen LogP contribution < -0.4 is 10.1 Å². The van der Waals surface area contributed by atoms with Crippen molar-refractivity contribution in [3.8, 4) is 5.75 Å². The summed E-state index contributed by atoms with van der Waals surface area (Å²) in [6, 6.07) is 13.3. The molecule has 0 aliphatic carbocycles. The van der Waals surface area contributed by atoms with Gasteiger partial charge in [0.25, 0.3) is 5.91 Å². The third-order valence-corrected chi connectivity index (χ3v) is 5.12. The minimum Gasteiger partial charge on any atom is -0.496 e. The zero-order chi connectivity index (χ0) is 19.9. The molecule has 1 saturated heterocycles. The first kappa shape index (κ1) is 19.9. The summed E-state index contributed by atoms with van der Waals surface area (Å²) >= 11 is 0. The maximum atomic E-state index is 12.5. The molecule has 0 atom stereocenters. The van der Waals surface area contributed by atoms with Crippen LogP contribution in [0.3, 0.4) is 0 Å². The third-order valence-electron chi connectivity index (χ3n) is 5.12. The molecular weight excluding hydrogens is 352 g/mol. The molecule has 1 aliphatic heterocycles. The van der Waals surface area contributed by atoms with Gasteiger partial charge < -0.3 is 15.0 Å². The second-order valence-electron chi connectivity index (χ2n) is 7.32. The van der Waals surface area contributed by atoms with Crippen LogP contribution in [0.4, 0.5) is 0 Å². The first-order valence-electron chi connectivity index (χ1n) is 9.85. The molecule has 0 bridgehead atoms. The average molecular weight is 380 g/mol. The highest BCUT2D eigenvalue weighted by molar-refractivity contribution is 5.94. The molecule has 148 valence electrons. The maximum absolute atomic E-state index is 12.5. The summed E-state index contributed by atoms with van der Waals surface area (Å²) in [6.45, 7) is 4.12. The Labute approximate surface area is 166 Å². The highest BCUT2D eigenvalue weighted by Crippen LogP contribution is 2.20. The van der Waals surface area contributed by atoms with Crippen LogP contribution >= 0.6 is 0 Å². The number of aryl methyl sites for hydroxylation is 1. The van der Waals surface area contributed by atoms with Crippen LogP contribution in [0.2, 0.25) is 0 Å². The highest BCUT2D eigenvalue weighted by atomic mass is 16.5. The van der Waals surface area contributed by atoms with Crippen molar-refractivity contribution in [2.75, 3.05) is 20.2 Å². The lowest BCUT2D eigenvalue weighted by molar-refractivity contribution is -0.120. The van der Waals surface area contributed by atoms with E-state index in [4.69, 9.17) is 4.74 Å². The molecule has 1 heterocycles.